The average Bonchev–Trinajstić information content (AvgIpc) is 3.20. The molecule has 0 bridgehead atoms. The van der Waals surface area contributed by atoms with Gasteiger partial charge in [0.25, 0.3) is 5.91 Å². The Morgan fingerprint density at radius 2 is 1.83 bits per heavy atom. The lowest BCUT2D eigenvalue weighted by molar-refractivity contribution is -0.132. The van der Waals surface area contributed by atoms with Crippen LogP contribution in [0, 0.1) is 6.92 Å². The van der Waals surface area contributed by atoms with Gasteiger partial charge in [-0.15, -0.1) is 0 Å². The zero-order valence-corrected chi connectivity index (χ0v) is 17.9. The molecule has 9 heteroatoms. The van der Waals surface area contributed by atoms with E-state index in [4.69, 9.17) is 30.3 Å². The second kappa shape index (κ2) is 9.49. The molecule has 8 nitrogen and oxygen atoms in total. The van der Waals surface area contributed by atoms with E-state index in [2.05, 4.69) is 10.1 Å². The van der Waals surface area contributed by atoms with Gasteiger partial charge in [0.2, 0.25) is 11.7 Å². The number of aromatic nitrogens is 2. The number of carbonyl (C=O) groups excluding carboxylic acids is 1. The zero-order chi connectivity index (χ0) is 21.7. The van der Waals surface area contributed by atoms with Gasteiger partial charge in [0, 0.05) is 17.6 Å². The monoisotopic (exact) mass is 431 g/mol. The number of likely N-dealkylation sites (N-methyl/N-ethyl adjacent to an activating group) is 1. The molecular formula is C21H22ClN3O5. The fraction of sp³-hybridized carbons (Fsp3) is 0.286. The summed E-state index contributed by atoms with van der Waals surface area (Å²) in [4.78, 5) is 18.2. The van der Waals surface area contributed by atoms with Crippen LogP contribution in [0.15, 0.2) is 40.9 Å². The van der Waals surface area contributed by atoms with Gasteiger partial charge in [-0.3, -0.25) is 4.79 Å². The Labute approximate surface area is 179 Å². The Hall–Kier alpha value is -3.26. The third-order valence-electron chi connectivity index (χ3n) is 4.40. The van der Waals surface area contributed by atoms with E-state index in [1.165, 1.54) is 4.90 Å². The Balaban J connectivity index is 1.61. The van der Waals surface area contributed by atoms with Crippen LogP contribution in [0.1, 0.15) is 11.5 Å². The highest BCUT2D eigenvalue weighted by atomic mass is 35.5. The van der Waals surface area contributed by atoms with Crippen LogP contribution in [0.2, 0.25) is 5.02 Å². The number of rotatable bonds is 8. The maximum absolute atomic E-state index is 12.4. The number of hydrogen-bond donors (Lipinski definition) is 0. The molecule has 0 radical (unpaired) electrons. The van der Waals surface area contributed by atoms with Gasteiger partial charge in [0.05, 0.1) is 20.8 Å². The van der Waals surface area contributed by atoms with Crippen LogP contribution in [0.4, 0.5) is 0 Å². The van der Waals surface area contributed by atoms with Gasteiger partial charge >= 0.3 is 0 Å². The highest BCUT2D eigenvalue weighted by molar-refractivity contribution is 6.30. The van der Waals surface area contributed by atoms with Gasteiger partial charge in [-0.25, -0.2) is 0 Å². The zero-order valence-electron chi connectivity index (χ0n) is 17.1. The summed E-state index contributed by atoms with van der Waals surface area (Å²) in [6.45, 7) is 1.90. The van der Waals surface area contributed by atoms with E-state index in [0.717, 1.165) is 5.56 Å². The second-order valence-electron chi connectivity index (χ2n) is 6.53. The first-order valence-electron chi connectivity index (χ1n) is 9.09. The predicted molar refractivity (Wildman–Crippen MR) is 111 cm³/mol. The quantitative estimate of drug-likeness (QED) is 0.536. The minimum atomic E-state index is -0.227. The summed E-state index contributed by atoms with van der Waals surface area (Å²) in [5.41, 5.74) is 1.56. The lowest BCUT2D eigenvalue weighted by Crippen LogP contribution is -2.31. The first kappa shape index (κ1) is 21.4. The lowest BCUT2D eigenvalue weighted by Gasteiger charge is -2.16. The van der Waals surface area contributed by atoms with Gasteiger partial charge in [-0.05, 0) is 48.9 Å². The number of halogens is 1. The maximum Gasteiger partial charge on any atom is 0.260 e. The first-order valence-corrected chi connectivity index (χ1v) is 9.47. The summed E-state index contributed by atoms with van der Waals surface area (Å²) in [7, 11) is 4.76. The van der Waals surface area contributed by atoms with Crippen LogP contribution in [0.25, 0.3) is 11.4 Å². The highest BCUT2D eigenvalue weighted by Crippen LogP contribution is 2.31. The van der Waals surface area contributed by atoms with Crippen molar-refractivity contribution in [1.82, 2.24) is 15.0 Å². The minimum Gasteiger partial charge on any atom is -0.493 e. The number of amides is 1. The smallest absolute Gasteiger partial charge is 0.260 e. The summed E-state index contributed by atoms with van der Waals surface area (Å²) in [5.74, 6) is 2.23. The van der Waals surface area contributed by atoms with E-state index in [1.807, 2.05) is 6.92 Å². The highest BCUT2D eigenvalue weighted by Gasteiger charge is 2.17. The standard InChI is InChI=1S/C21H22ClN3O5/c1-13-9-15(22)6-8-16(13)29-12-20(26)25(2)11-19-23-21(24-30-19)14-5-7-17(27-3)18(10-14)28-4/h5-10H,11-12H2,1-4H3. The molecule has 0 spiro atoms. The molecule has 1 heterocycles. The van der Waals surface area contributed by atoms with Gasteiger partial charge in [0.1, 0.15) is 5.75 Å². The molecule has 30 heavy (non-hydrogen) atoms. The molecule has 2 aromatic carbocycles. The fourth-order valence-electron chi connectivity index (χ4n) is 2.73. The number of hydrogen-bond acceptors (Lipinski definition) is 7. The van der Waals surface area contributed by atoms with Gasteiger partial charge in [-0.1, -0.05) is 16.8 Å². The van der Waals surface area contributed by atoms with Crippen LogP contribution >= 0.6 is 11.6 Å². The SMILES string of the molecule is COc1ccc(-c2noc(CN(C)C(=O)COc3ccc(Cl)cc3C)n2)cc1OC. The maximum atomic E-state index is 12.4. The Morgan fingerprint density at radius 3 is 2.53 bits per heavy atom. The largest absolute Gasteiger partial charge is 0.493 e. The molecule has 0 fully saturated rings. The number of methoxy groups -OCH3 is 2. The summed E-state index contributed by atoms with van der Waals surface area (Å²) in [5, 5.41) is 4.59. The Bertz CT molecular complexity index is 1040. The Morgan fingerprint density at radius 1 is 1.10 bits per heavy atom. The van der Waals surface area contributed by atoms with Crippen molar-refractivity contribution in [2.45, 2.75) is 13.5 Å². The van der Waals surface area contributed by atoms with E-state index < -0.39 is 0 Å². The van der Waals surface area contributed by atoms with Crippen molar-refractivity contribution < 1.29 is 23.5 Å². The van der Waals surface area contributed by atoms with Crippen molar-refractivity contribution in [3.8, 4) is 28.6 Å². The molecule has 0 aliphatic rings. The molecule has 158 valence electrons. The van der Waals surface area contributed by atoms with Crippen molar-refractivity contribution in [1.29, 1.82) is 0 Å². The second-order valence-corrected chi connectivity index (χ2v) is 6.97. The third-order valence-corrected chi connectivity index (χ3v) is 4.63. The molecule has 0 saturated heterocycles. The summed E-state index contributed by atoms with van der Waals surface area (Å²) >= 11 is 5.93. The summed E-state index contributed by atoms with van der Waals surface area (Å²) < 4.78 is 21.4. The molecule has 3 rings (SSSR count). The van der Waals surface area contributed by atoms with E-state index in [9.17, 15) is 4.79 Å². The molecule has 0 saturated carbocycles. The van der Waals surface area contributed by atoms with Crippen molar-refractivity contribution in [3.63, 3.8) is 0 Å². The topological polar surface area (TPSA) is 86.9 Å². The number of nitrogens with zero attached hydrogens (tertiary/aromatic N) is 3. The molecular weight excluding hydrogens is 410 g/mol. The Kier molecular flexibility index (Phi) is 6.79. The molecule has 0 aliphatic carbocycles. The number of carbonyl (C=O) groups is 1. The van der Waals surface area contributed by atoms with Gasteiger partial charge in [-0.2, -0.15) is 4.98 Å². The third kappa shape index (κ3) is 5.01. The minimum absolute atomic E-state index is 0.115. The van der Waals surface area contributed by atoms with Crippen LogP contribution in [-0.2, 0) is 11.3 Å². The lowest BCUT2D eigenvalue weighted by atomic mass is 10.2. The molecule has 1 aromatic heterocycles. The fourth-order valence-corrected chi connectivity index (χ4v) is 2.95. The van der Waals surface area contributed by atoms with E-state index >= 15 is 0 Å². The van der Waals surface area contributed by atoms with Crippen LogP contribution in [0.3, 0.4) is 0 Å². The molecule has 0 unspecified atom stereocenters. The predicted octanol–water partition coefficient (Wildman–Crippen LogP) is 3.75. The molecule has 0 N–H and O–H groups in total. The average molecular weight is 432 g/mol. The van der Waals surface area contributed by atoms with E-state index in [-0.39, 0.29) is 19.1 Å². The van der Waals surface area contributed by atoms with Gasteiger partial charge < -0.3 is 23.6 Å². The van der Waals surface area contributed by atoms with Crippen LogP contribution < -0.4 is 14.2 Å². The van der Waals surface area contributed by atoms with E-state index in [1.54, 1.807) is 57.7 Å². The van der Waals surface area contributed by atoms with E-state index in [0.29, 0.717) is 39.5 Å². The molecule has 0 atom stereocenters. The first-order chi connectivity index (χ1) is 14.4. The summed E-state index contributed by atoms with van der Waals surface area (Å²) in [6, 6.07) is 10.5. The molecule has 0 aliphatic heterocycles. The van der Waals surface area contributed by atoms with Gasteiger partial charge in [0.15, 0.2) is 18.1 Å². The van der Waals surface area contributed by atoms with Crippen molar-refractivity contribution in [3.05, 3.63) is 52.9 Å². The number of aryl methyl sites for hydroxylation is 1. The number of benzene rings is 2. The van der Waals surface area contributed by atoms with Crippen LogP contribution in [0.5, 0.6) is 17.2 Å². The number of ether oxygens (including phenoxy) is 3. The van der Waals surface area contributed by atoms with Crippen LogP contribution in [-0.4, -0.2) is 48.8 Å². The van der Waals surface area contributed by atoms with Crippen molar-refractivity contribution in [2.75, 3.05) is 27.9 Å². The molecule has 1 amide bonds. The van der Waals surface area contributed by atoms with Crippen molar-refractivity contribution in [2.24, 2.45) is 0 Å². The summed E-state index contributed by atoms with van der Waals surface area (Å²) in [6.07, 6.45) is 0. The van der Waals surface area contributed by atoms with Crippen molar-refractivity contribution >= 4 is 17.5 Å². The normalized spacial score (nSPS) is 10.6. The molecule has 3 aromatic rings.